The summed E-state index contributed by atoms with van der Waals surface area (Å²) in [4.78, 5) is 0. The van der Waals surface area contributed by atoms with E-state index in [1.807, 2.05) is 6.07 Å². The summed E-state index contributed by atoms with van der Waals surface area (Å²) in [5, 5.41) is 0.966. The van der Waals surface area contributed by atoms with Crippen molar-refractivity contribution in [1.82, 2.24) is 0 Å². The normalized spacial score (nSPS) is 28.1. The van der Waals surface area contributed by atoms with Crippen molar-refractivity contribution in [2.75, 3.05) is 6.54 Å². The first-order valence-electron chi connectivity index (χ1n) is 7.78. The summed E-state index contributed by atoms with van der Waals surface area (Å²) in [5.74, 6) is 2.15. The summed E-state index contributed by atoms with van der Waals surface area (Å²) in [6.07, 6.45) is 9.30. The average Bonchev–Trinajstić information content (AvgIpc) is 2.47. The summed E-state index contributed by atoms with van der Waals surface area (Å²) >= 11 is 6.41. The first-order chi connectivity index (χ1) is 9.31. The first kappa shape index (κ1) is 13.5. The van der Waals surface area contributed by atoms with E-state index in [0.29, 0.717) is 11.8 Å². The van der Waals surface area contributed by atoms with Crippen LogP contribution in [0.1, 0.15) is 55.6 Å². The Kier molecular flexibility index (Phi) is 4.14. The van der Waals surface area contributed by atoms with Gasteiger partial charge in [-0.1, -0.05) is 43.0 Å². The minimum absolute atomic E-state index is 0.660. The maximum atomic E-state index is 6.41. The second-order valence-corrected chi connectivity index (χ2v) is 6.67. The molecule has 0 bridgehead atoms. The van der Waals surface area contributed by atoms with Gasteiger partial charge in [0.2, 0.25) is 0 Å². The molecule has 0 spiro atoms. The van der Waals surface area contributed by atoms with E-state index in [2.05, 4.69) is 12.1 Å². The van der Waals surface area contributed by atoms with Gasteiger partial charge in [-0.3, -0.25) is 0 Å². The van der Waals surface area contributed by atoms with E-state index in [0.717, 1.165) is 23.9 Å². The maximum Gasteiger partial charge on any atom is 0.0440 e. The Morgan fingerprint density at radius 3 is 2.63 bits per heavy atom. The highest BCUT2D eigenvalue weighted by molar-refractivity contribution is 6.31. The Bertz CT molecular complexity index is 437. The maximum absolute atomic E-state index is 6.41. The standard InChI is InChI=1S/C17H24ClN/c18-16-8-4-7-15-14(16)10-9-13(11-19)17(15)12-5-2-1-3-6-12/h4,7-8,12-13,17H,1-3,5-6,9-11,19H2. The summed E-state index contributed by atoms with van der Waals surface area (Å²) in [7, 11) is 0. The van der Waals surface area contributed by atoms with Crippen molar-refractivity contribution >= 4 is 11.6 Å². The van der Waals surface area contributed by atoms with Crippen LogP contribution in [0.4, 0.5) is 0 Å². The molecule has 2 aliphatic rings. The number of halogens is 1. The van der Waals surface area contributed by atoms with E-state index < -0.39 is 0 Å². The molecule has 0 heterocycles. The Labute approximate surface area is 121 Å². The molecule has 19 heavy (non-hydrogen) atoms. The zero-order valence-electron chi connectivity index (χ0n) is 11.6. The fraction of sp³-hybridized carbons (Fsp3) is 0.647. The van der Waals surface area contributed by atoms with Crippen LogP contribution in [-0.4, -0.2) is 6.54 Å². The van der Waals surface area contributed by atoms with Gasteiger partial charge in [0.05, 0.1) is 0 Å². The topological polar surface area (TPSA) is 26.0 Å². The quantitative estimate of drug-likeness (QED) is 0.845. The van der Waals surface area contributed by atoms with Crippen LogP contribution in [0.2, 0.25) is 5.02 Å². The van der Waals surface area contributed by atoms with Gasteiger partial charge >= 0.3 is 0 Å². The molecule has 1 aromatic carbocycles. The van der Waals surface area contributed by atoms with Gasteiger partial charge in [0.25, 0.3) is 0 Å². The fourth-order valence-electron chi connectivity index (χ4n) is 4.31. The summed E-state index contributed by atoms with van der Waals surface area (Å²) in [6.45, 7) is 0.827. The summed E-state index contributed by atoms with van der Waals surface area (Å²) < 4.78 is 0. The van der Waals surface area contributed by atoms with Gasteiger partial charge in [0.1, 0.15) is 0 Å². The second kappa shape index (κ2) is 5.85. The largest absolute Gasteiger partial charge is 0.330 e. The third-order valence-corrected chi connectivity index (χ3v) is 5.60. The van der Waals surface area contributed by atoms with Crippen molar-refractivity contribution < 1.29 is 0 Å². The fourth-order valence-corrected chi connectivity index (χ4v) is 4.59. The zero-order valence-corrected chi connectivity index (χ0v) is 12.3. The molecule has 1 nitrogen and oxygen atoms in total. The van der Waals surface area contributed by atoms with E-state index in [1.54, 1.807) is 0 Å². The van der Waals surface area contributed by atoms with Gasteiger partial charge in [-0.25, -0.2) is 0 Å². The van der Waals surface area contributed by atoms with Crippen molar-refractivity contribution in [3.63, 3.8) is 0 Å². The van der Waals surface area contributed by atoms with Crippen LogP contribution in [0.15, 0.2) is 18.2 Å². The first-order valence-corrected chi connectivity index (χ1v) is 8.16. The molecule has 2 atom stereocenters. The van der Waals surface area contributed by atoms with Crippen molar-refractivity contribution in [1.29, 1.82) is 0 Å². The Balaban J connectivity index is 1.96. The van der Waals surface area contributed by atoms with Crippen molar-refractivity contribution in [2.45, 2.75) is 50.9 Å². The van der Waals surface area contributed by atoms with Gasteiger partial charge in [0.15, 0.2) is 0 Å². The second-order valence-electron chi connectivity index (χ2n) is 6.27. The number of fused-ring (bicyclic) bond motifs is 1. The Morgan fingerprint density at radius 1 is 1.11 bits per heavy atom. The van der Waals surface area contributed by atoms with Crippen LogP contribution >= 0.6 is 11.6 Å². The van der Waals surface area contributed by atoms with E-state index in [9.17, 15) is 0 Å². The van der Waals surface area contributed by atoms with Crippen molar-refractivity contribution in [3.05, 3.63) is 34.3 Å². The molecule has 3 rings (SSSR count). The molecule has 1 aromatic rings. The Morgan fingerprint density at radius 2 is 1.89 bits per heavy atom. The lowest BCUT2D eigenvalue weighted by molar-refractivity contribution is 0.226. The highest BCUT2D eigenvalue weighted by Gasteiger charge is 2.35. The van der Waals surface area contributed by atoms with Gasteiger partial charge in [-0.05, 0) is 67.2 Å². The van der Waals surface area contributed by atoms with Crippen molar-refractivity contribution in [3.8, 4) is 0 Å². The van der Waals surface area contributed by atoms with Crippen LogP contribution < -0.4 is 5.73 Å². The number of hydrogen-bond donors (Lipinski definition) is 1. The van der Waals surface area contributed by atoms with Crippen LogP contribution in [0.25, 0.3) is 0 Å². The van der Waals surface area contributed by atoms with Gasteiger partial charge < -0.3 is 5.73 Å². The number of rotatable bonds is 2. The Hall–Kier alpha value is -0.530. The highest BCUT2D eigenvalue weighted by atomic mass is 35.5. The number of nitrogens with two attached hydrogens (primary N) is 1. The molecule has 2 aliphatic carbocycles. The predicted molar refractivity (Wildman–Crippen MR) is 81.6 cm³/mol. The lowest BCUT2D eigenvalue weighted by Gasteiger charge is -2.40. The van der Waals surface area contributed by atoms with Gasteiger partial charge in [-0.2, -0.15) is 0 Å². The molecule has 2 unspecified atom stereocenters. The number of hydrogen-bond acceptors (Lipinski definition) is 1. The molecular formula is C17H24ClN. The highest BCUT2D eigenvalue weighted by Crippen LogP contribution is 2.47. The molecular weight excluding hydrogens is 254 g/mol. The molecule has 0 saturated heterocycles. The van der Waals surface area contributed by atoms with Crippen molar-refractivity contribution in [2.24, 2.45) is 17.6 Å². The summed E-state index contributed by atoms with van der Waals surface area (Å²) in [6, 6.07) is 6.47. The monoisotopic (exact) mass is 277 g/mol. The average molecular weight is 278 g/mol. The van der Waals surface area contributed by atoms with E-state index in [-0.39, 0.29) is 0 Å². The molecule has 1 saturated carbocycles. The molecule has 2 heteroatoms. The lowest BCUT2D eigenvalue weighted by atomic mass is 9.65. The molecule has 0 aliphatic heterocycles. The lowest BCUT2D eigenvalue weighted by Crippen LogP contribution is -2.33. The molecule has 1 fully saturated rings. The smallest absolute Gasteiger partial charge is 0.0440 e. The van der Waals surface area contributed by atoms with E-state index in [4.69, 9.17) is 17.3 Å². The van der Waals surface area contributed by atoms with Crippen LogP contribution in [0, 0.1) is 11.8 Å². The van der Waals surface area contributed by atoms with Crippen LogP contribution in [-0.2, 0) is 6.42 Å². The third-order valence-electron chi connectivity index (χ3n) is 5.25. The van der Waals surface area contributed by atoms with Gasteiger partial charge in [-0.15, -0.1) is 0 Å². The predicted octanol–water partition coefficient (Wildman–Crippen LogP) is 4.53. The minimum atomic E-state index is 0.660. The van der Waals surface area contributed by atoms with Crippen LogP contribution in [0.5, 0.6) is 0 Å². The minimum Gasteiger partial charge on any atom is -0.330 e. The third kappa shape index (κ3) is 2.55. The van der Waals surface area contributed by atoms with E-state index in [1.165, 1.54) is 49.7 Å². The molecule has 0 amide bonds. The SMILES string of the molecule is NCC1CCc2c(Cl)cccc2C1C1CCCCC1. The molecule has 104 valence electrons. The van der Waals surface area contributed by atoms with Crippen LogP contribution in [0.3, 0.4) is 0 Å². The van der Waals surface area contributed by atoms with Gasteiger partial charge in [0, 0.05) is 5.02 Å². The van der Waals surface area contributed by atoms with E-state index >= 15 is 0 Å². The summed E-state index contributed by atoms with van der Waals surface area (Å²) in [5.41, 5.74) is 8.98. The zero-order chi connectivity index (χ0) is 13.2. The molecule has 2 N–H and O–H groups in total. The number of benzene rings is 1. The molecule has 0 radical (unpaired) electrons. The molecule has 0 aromatic heterocycles.